The van der Waals surface area contributed by atoms with Crippen LogP contribution in [0, 0.1) is 0 Å². The van der Waals surface area contributed by atoms with Gasteiger partial charge in [0.05, 0.1) is 5.75 Å². The van der Waals surface area contributed by atoms with Gasteiger partial charge in [0.2, 0.25) is 5.91 Å². The predicted octanol–water partition coefficient (Wildman–Crippen LogP) is 4.69. The van der Waals surface area contributed by atoms with Gasteiger partial charge in [-0.1, -0.05) is 35.9 Å². The third kappa shape index (κ3) is 5.76. The van der Waals surface area contributed by atoms with Gasteiger partial charge in [-0.05, 0) is 55.2 Å². The van der Waals surface area contributed by atoms with E-state index in [0.717, 1.165) is 37.1 Å². The molecule has 4 nitrogen and oxygen atoms in total. The number of rotatable bonds is 7. The molecule has 1 heterocycles. The summed E-state index contributed by atoms with van der Waals surface area (Å²) < 4.78 is 0. The Morgan fingerprint density at radius 3 is 2.36 bits per heavy atom. The molecule has 0 bridgehead atoms. The van der Waals surface area contributed by atoms with Crippen LogP contribution in [0.4, 0.5) is 0 Å². The Hall–Kier alpha value is -1.98. The van der Waals surface area contributed by atoms with E-state index in [2.05, 4.69) is 12.2 Å². The molecule has 1 saturated heterocycles. The van der Waals surface area contributed by atoms with Crippen molar-refractivity contribution in [2.24, 2.45) is 0 Å². The lowest BCUT2D eigenvalue weighted by molar-refractivity contribution is -0.118. The van der Waals surface area contributed by atoms with E-state index in [1.165, 1.54) is 0 Å². The van der Waals surface area contributed by atoms with E-state index in [4.69, 9.17) is 11.6 Å². The van der Waals surface area contributed by atoms with Crippen LogP contribution in [0.5, 0.6) is 0 Å². The van der Waals surface area contributed by atoms with E-state index < -0.39 is 0 Å². The fourth-order valence-electron chi connectivity index (χ4n) is 3.15. The molecular formula is C22H25ClN2O2S. The average Bonchev–Trinajstić information content (AvgIpc) is 3.25. The Morgan fingerprint density at radius 1 is 1.07 bits per heavy atom. The molecule has 2 aromatic carbocycles. The Kier molecular flexibility index (Phi) is 7.40. The highest BCUT2D eigenvalue weighted by Crippen LogP contribution is 2.28. The Balaban J connectivity index is 1.42. The number of thioether (sulfide) groups is 1. The average molecular weight is 417 g/mol. The summed E-state index contributed by atoms with van der Waals surface area (Å²) in [5, 5.41) is 3.88. The van der Waals surface area contributed by atoms with Crippen molar-refractivity contribution in [1.82, 2.24) is 10.2 Å². The molecule has 1 unspecified atom stereocenters. The standard InChI is InChI=1S/C22H25ClN2O2S/c1-16(18-8-10-20(23)11-9-18)28-15-21(26)24-14-17-4-6-19(7-5-17)22(27)25-12-2-3-13-25/h4-11,16H,2-3,12-15H2,1H3,(H,24,26). The van der Waals surface area contributed by atoms with E-state index in [0.29, 0.717) is 22.9 Å². The highest BCUT2D eigenvalue weighted by molar-refractivity contribution is 8.00. The van der Waals surface area contributed by atoms with Crippen molar-refractivity contribution in [3.8, 4) is 0 Å². The Bertz CT molecular complexity index is 802. The van der Waals surface area contributed by atoms with Crippen LogP contribution in [0.3, 0.4) is 0 Å². The molecule has 3 rings (SSSR count). The molecule has 1 atom stereocenters. The summed E-state index contributed by atoms with van der Waals surface area (Å²) in [7, 11) is 0. The number of likely N-dealkylation sites (tertiary alicyclic amines) is 1. The van der Waals surface area contributed by atoms with Gasteiger partial charge in [0.1, 0.15) is 0 Å². The first kappa shape index (κ1) is 20.7. The highest BCUT2D eigenvalue weighted by atomic mass is 35.5. The van der Waals surface area contributed by atoms with Crippen LogP contribution in [-0.2, 0) is 11.3 Å². The summed E-state index contributed by atoms with van der Waals surface area (Å²) in [4.78, 5) is 26.4. The van der Waals surface area contributed by atoms with E-state index in [-0.39, 0.29) is 17.1 Å². The molecule has 1 aliphatic rings. The summed E-state index contributed by atoms with van der Waals surface area (Å²) in [6, 6.07) is 15.2. The first-order valence-electron chi connectivity index (χ1n) is 9.55. The molecule has 1 fully saturated rings. The summed E-state index contributed by atoms with van der Waals surface area (Å²) in [6.45, 7) is 4.25. The molecule has 6 heteroatoms. The van der Waals surface area contributed by atoms with E-state index in [1.807, 2.05) is 53.4 Å². The lowest BCUT2D eigenvalue weighted by atomic mass is 10.1. The molecule has 1 N–H and O–H groups in total. The van der Waals surface area contributed by atoms with Crippen molar-refractivity contribution in [3.63, 3.8) is 0 Å². The summed E-state index contributed by atoms with van der Waals surface area (Å²) in [6.07, 6.45) is 2.18. The monoisotopic (exact) mass is 416 g/mol. The number of nitrogens with one attached hydrogen (secondary N) is 1. The zero-order valence-corrected chi connectivity index (χ0v) is 17.6. The van der Waals surface area contributed by atoms with Crippen LogP contribution in [0.1, 0.15) is 46.5 Å². The van der Waals surface area contributed by atoms with Crippen molar-refractivity contribution in [2.75, 3.05) is 18.8 Å². The number of carbonyl (C=O) groups excluding carboxylic acids is 2. The normalized spacial score (nSPS) is 14.7. The number of amides is 2. The van der Waals surface area contributed by atoms with Gasteiger partial charge in [-0.25, -0.2) is 0 Å². The second-order valence-corrected chi connectivity index (χ2v) is 8.74. The van der Waals surface area contributed by atoms with Gasteiger partial charge in [-0.3, -0.25) is 9.59 Å². The fraction of sp³-hybridized carbons (Fsp3) is 0.364. The largest absolute Gasteiger partial charge is 0.351 e. The van der Waals surface area contributed by atoms with Gasteiger partial charge in [-0.2, -0.15) is 0 Å². The van der Waals surface area contributed by atoms with Crippen LogP contribution < -0.4 is 5.32 Å². The molecule has 0 aromatic heterocycles. The first-order chi connectivity index (χ1) is 13.5. The number of halogens is 1. The van der Waals surface area contributed by atoms with Crippen molar-refractivity contribution < 1.29 is 9.59 Å². The molecule has 0 aliphatic carbocycles. The molecule has 2 amide bonds. The first-order valence-corrected chi connectivity index (χ1v) is 11.0. The molecule has 28 heavy (non-hydrogen) atoms. The zero-order valence-electron chi connectivity index (χ0n) is 16.0. The van der Waals surface area contributed by atoms with Crippen molar-refractivity contribution in [1.29, 1.82) is 0 Å². The minimum Gasteiger partial charge on any atom is -0.351 e. The van der Waals surface area contributed by atoms with E-state index in [1.54, 1.807) is 11.8 Å². The van der Waals surface area contributed by atoms with Gasteiger partial charge < -0.3 is 10.2 Å². The third-order valence-electron chi connectivity index (χ3n) is 4.89. The number of hydrogen-bond acceptors (Lipinski definition) is 3. The minimum atomic E-state index is 0.00281. The van der Waals surface area contributed by atoms with Crippen LogP contribution in [0.2, 0.25) is 5.02 Å². The predicted molar refractivity (Wildman–Crippen MR) is 116 cm³/mol. The van der Waals surface area contributed by atoms with E-state index in [9.17, 15) is 9.59 Å². The maximum atomic E-state index is 12.4. The fourth-order valence-corrected chi connectivity index (χ4v) is 4.13. The minimum absolute atomic E-state index is 0.00281. The van der Waals surface area contributed by atoms with Gasteiger partial charge in [0, 0.05) is 35.5 Å². The molecule has 2 aromatic rings. The topological polar surface area (TPSA) is 49.4 Å². The maximum Gasteiger partial charge on any atom is 0.253 e. The molecule has 148 valence electrons. The second kappa shape index (κ2) is 9.99. The molecule has 0 saturated carbocycles. The SMILES string of the molecule is CC(SCC(=O)NCc1ccc(C(=O)N2CCCC2)cc1)c1ccc(Cl)cc1. The van der Waals surface area contributed by atoms with Gasteiger partial charge in [0.15, 0.2) is 0 Å². The van der Waals surface area contributed by atoms with Gasteiger partial charge >= 0.3 is 0 Å². The number of nitrogens with zero attached hydrogens (tertiary/aromatic N) is 1. The summed E-state index contributed by atoms with van der Waals surface area (Å²) >= 11 is 7.51. The number of hydrogen-bond donors (Lipinski definition) is 1. The lowest BCUT2D eigenvalue weighted by Gasteiger charge is -2.15. The zero-order chi connectivity index (χ0) is 19.9. The van der Waals surface area contributed by atoms with Crippen LogP contribution in [0.25, 0.3) is 0 Å². The smallest absolute Gasteiger partial charge is 0.253 e. The van der Waals surface area contributed by atoms with Crippen molar-refractivity contribution >= 4 is 35.2 Å². The van der Waals surface area contributed by atoms with Gasteiger partial charge in [0.25, 0.3) is 5.91 Å². The van der Waals surface area contributed by atoms with Crippen LogP contribution >= 0.6 is 23.4 Å². The number of benzene rings is 2. The summed E-state index contributed by atoms with van der Waals surface area (Å²) in [5.41, 5.74) is 2.85. The van der Waals surface area contributed by atoms with Crippen molar-refractivity contribution in [3.05, 3.63) is 70.2 Å². The van der Waals surface area contributed by atoms with Crippen LogP contribution in [0.15, 0.2) is 48.5 Å². The van der Waals surface area contributed by atoms with Crippen LogP contribution in [-0.4, -0.2) is 35.6 Å². The number of carbonyl (C=O) groups is 2. The molecule has 1 aliphatic heterocycles. The summed E-state index contributed by atoms with van der Waals surface area (Å²) in [5.74, 6) is 0.499. The van der Waals surface area contributed by atoms with Gasteiger partial charge in [-0.15, -0.1) is 11.8 Å². The molecule has 0 spiro atoms. The molecular weight excluding hydrogens is 392 g/mol. The van der Waals surface area contributed by atoms with E-state index >= 15 is 0 Å². The highest BCUT2D eigenvalue weighted by Gasteiger charge is 2.19. The Labute approximate surface area is 175 Å². The lowest BCUT2D eigenvalue weighted by Crippen LogP contribution is -2.27. The third-order valence-corrected chi connectivity index (χ3v) is 6.34. The quantitative estimate of drug-likeness (QED) is 0.712. The Morgan fingerprint density at radius 2 is 1.71 bits per heavy atom. The van der Waals surface area contributed by atoms with Crippen molar-refractivity contribution in [2.45, 2.75) is 31.6 Å². The maximum absolute atomic E-state index is 12.4. The second-order valence-electron chi connectivity index (χ2n) is 6.98. The molecule has 0 radical (unpaired) electrons.